The number of aryl methyl sites for hydroxylation is 2. The molecule has 2 heterocycles. The van der Waals surface area contributed by atoms with E-state index in [1.54, 1.807) is 0 Å². The number of aromatic nitrogens is 3. The van der Waals surface area contributed by atoms with Crippen molar-refractivity contribution < 1.29 is 0 Å². The number of hydrogen-bond acceptors (Lipinski definition) is 4. The van der Waals surface area contributed by atoms with Crippen molar-refractivity contribution in [3.8, 4) is 34.2 Å². The highest BCUT2D eigenvalue weighted by Crippen LogP contribution is 2.59. The van der Waals surface area contributed by atoms with Crippen LogP contribution in [-0.2, 0) is 10.8 Å². The van der Waals surface area contributed by atoms with Crippen LogP contribution in [0.1, 0.15) is 71.2 Å². The van der Waals surface area contributed by atoms with Crippen molar-refractivity contribution in [3.05, 3.63) is 232 Å². The molecule has 0 radical (unpaired) electrons. The van der Waals surface area contributed by atoms with Gasteiger partial charge in [0.15, 0.2) is 17.5 Å². The van der Waals surface area contributed by atoms with E-state index in [2.05, 4.69) is 178 Å². The van der Waals surface area contributed by atoms with Gasteiger partial charge in [-0.1, -0.05) is 166 Å². The van der Waals surface area contributed by atoms with Crippen molar-refractivity contribution in [1.82, 2.24) is 15.0 Å². The maximum absolute atomic E-state index is 5.14. The van der Waals surface area contributed by atoms with Crippen LogP contribution in [0.5, 0.6) is 0 Å². The molecule has 0 bridgehead atoms. The van der Waals surface area contributed by atoms with E-state index in [-0.39, 0.29) is 5.41 Å². The molecule has 1 aromatic heterocycles. The summed E-state index contributed by atoms with van der Waals surface area (Å²) in [6, 6.07) is 61.6. The van der Waals surface area contributed by atoms with Gasteiger partial charge in [0, 0.05) is 27.8 Å². The minimum atomic E-state index is -0.575. The summed E-state index contributed by atoms with van der Waals surface area (Å²) in [6.07, 6.45) is 6.89. The molecule has 0 spiro atoms. The lowest BCUT2D eigenvalue weighted by Crippen LogP contribution is -2.38. The standard InChI is InChI=1S/C57H46N4/c1-37-34-43(35-38(2)52(37)55-59-53(39-20-8-5-9-21-39)58-54(60-55)40-22-10-6-11-23-40)61-50-30-18-16-28-48(50)57(41-24-12-7-13-25-41,49-29-17-19-31-51(49)61)42-32-33-47-45(36-42)44-26-14-15-27-46(44)56(47,3)4/h5-13,15-25,27-36H,14,26H2,1-4H3. The largest absolute Gasteiger partial charge is 0.310 e. The molecule has 8 aromatic rings. The number of benzene rings is 7. The number of rotatable bonds is 6. The second-order valence-corrected chi connectivity index (χ2v) is 17.2. The summed E-state index contributed by atoms with van der Waals surface area (Å²) in [5.74, 6) is 1.99. The maximum Gasteiger partial charge on any atom is 0.164 e. The van der Waals surface area contributed by atoms with Crippen molar-refractivity contribution in [1.29, 1.82) is 0 Å². The predicted molar refractivity (Wildman–Crippen MR) is 250 cm³/mol. The minimum absolute atomic E-state index is 0.0331. The third-order valence-corrected chi connectivity index (χ3v) is 13.3. The van der Waals surface area contributed by atoms with Crippen LogP contribution in [0.2, 0.25) is 0 Å². The van der Waals surface area contributed by atoms with Crippen LogP contribution in [0.4, 0.5) is 17.1 Å². The zero-order chi connectivity index (χ0) is 41.3. The Balaban J connectivity index is 1.11. The van der Waals surface area contributed by atoms with Crippen molar-refractivity contribution in [2.45, 2.75) is 51.4 Å². The van der Waals surface area contributed by atoms with Crippen LogP contribution < -0.4 is 4.90 Å². The summed E-state index contributed by atoms with van der Waals surface area (Å²) < 4.78 is 0. The number of fused-ring (bicyclic) bond motifs is 4. The molecule has 1 aliphatic heterocycles. The fourth-order valence-corrected chi connectivity index (χ4v) is 10.6. The van der Waals surface area contributed by atoms with Crippen LogP contribution in [0, 0.1) is 13.8 Å². The van der Waals surface area contributed by atoms with Gasteiger partial charge in [-0.25, -0.2) is 15.0 Å². The summed E-state index contributed by atoms with van der Waals surface area (Å²) in [5, 5.41) is 0. The Kier molecular flexibility index (Phi) is 8.61. The van der Waals surface area contributed by atoms with Gasteiger partial charge >= 0.3 is 0 Å². The summed E-state index contributed by atoms with van der Waals surface area (Å²) >= 11 is 0. The van der Waals surface area contributed by atoms with Gasteiger partial charge in [0.1, 0.15) is 0 Å². The van der Waals surface area contributed by atoms with Crippen LogP contribution in [0.3, 0.4) is 0 Å². The lowest BCUT2D eigenvalue weighted by atomic mass is 9.62. The first kappa shape index (κ1) is 36.9. The smallest absolute Gasteiger partial charge is 0.164 e. The molecule has 2 aliphatic carbocycles. The average molecular weight is 787 g/mol. The van der Waals surface area contributed by atoms with E-state index in [1.807, 2.05) is 36.4 Å². The molecule has 0 amide bonds. The normalized spacial score (nSPS) is 15.5. The molecular formula is C57H46N4. The van der Waals surface area contributed by atoms with E-state index in [9.17, 15) is 0 Å². The first-order valence-corrected chi connectivity index (χ1v) is 21.4. The number of nitrogens with zero attached hydrogens (tertiary/aromatic N) is 4. The van der Waals surface area contributed by atoms with E-state index in [0.29, 0.717) is 17.5 Å². The third-order valence-electron chi connectivity index (χ3n) is 13.3. The third kappa shape index (κ3) is 5.69. The van der Waals surface area contributed by atoms with Crippen LogP contribution in [-0.4, -0.2) is 15.0 Å². The van der Waals surface area contributed by atoms with Crippen LogP contribution in [0.15, 0.2) is 188 Å². The maximum atomic E-state index is 5.14. The van der Waals surface area contributed by atoms with E-state index in [4.69, 9.17) is 15.0 Å². The molecule has 7 aromatic carbocycles. The van der Waals surface area contributed by atoms with Gasteiger partial charge in [-0.2, -0.15) is 0 Å². The Morgan fingerprint density at radius 2 is 1.03 bits per heavy atom. The Morgan fingerprint density at radius 3 is 1.62 bits per heavy atom. The second-order valence-electron chi connectivity index (χ2n) is 17.2. The lowest BCUT2D eigenvalue weighted by molar-refractivity contribution is 0.649. The van der Waals surface area contributed by atoms with Crippen molar-refractivity contribution >= 4 is 22.6 Å². The average Bonchev–Trinajstić information content (AvgIpc) is 3.53. The topological polar surface area (TPSA) is 41.9 Å². The molecule has 0 N–H and O–H groups in total. The Bertz CT molecular complexity index is 2940. The molecule has 0 fully saturated rings. The zero-order valence-corrected chi connectivity index (χ0v) is 35.0. The molecule has 61 heavy (non-hydrogen) atoms. The van der Waals surface area contributed by atoms with Gasteiger partial charge in [-0.15, -0.1) is 0 Å². The molecule has 0 atom stereocenters. The second kappa shape index (κ2) is 14.2. The van der Waals surface area contributed by atoms with Gasteiger partial charge in [0.25, 0.3) is 0 Å². The lowest BCUT2D eigenvalue weighted by Gasteiger charge is -2.46. The van der Waals surface area contributed by atoms with Gasteiger partial charge in [-0.3, -0.25) is 0 Å². The molecule has 294 valence electrons. The monoisotopic (exact) mass is 786 g/mol. The SMILES string of the molecule is Cc1cc(N2c3ccccc3C(c3ccccc3)(c3ccc4c(c3)C3=C(C=CCC3)C4(C)C)c3ccccc32)cc(C)c1-c1nc(-c2ccccc2)nc(-c2ccccc2)n1. The molecule has 11 rings (SSSR count). The Hall–Kier alpha value is -7.17. The molecule has 0 saturated heterocycles. The van der Waals surface area contributed by atoms with Crippen molar-refractivity contribution in [2.75, 3.05) is 4.90 Å². The summed E-state index contributed by atoms with van der Waals surface area (Å²) in [4.78, 5) is 17.7. The van der Waals surface area contributed by atoms with Gasteiger partial charge in [0.05, 0.1) is 16.8 Å². The summed E-state index contributed by atoms with van der Waals surface area (Å²) in [6.45, 7) is 9.15. The van der Waals surface area contributed by atoms with Crippen LogP contribution >= 0.6 is 0 Å². The highest BCUT2D eigenvalue weighted by atomic mass is 15.2. The fourth-order valence-electron chi connectivity index (χ4n) is 10.6. The number of hydrogen-bond donors (Lipinski definition) is 0. The zero-order valence-electron chi connectivity index (χ0n) is 35.0. The number of anilines is 3. The fraction of sp³-hybridized carbons (Fsp3) is 0.140. The molecule has 4 nitrogen and oxygen atoms in total. The number of allylic oxidation sites excluding steroid dienone is 4. The Labute approximate surface area is 358 Å². The predicted octanol–water partition coefficient (Wildman–Crippen LogP) is 14.1. The quantitative estimate of drug-likeness (QED) is 0.168. The van der Waals surface area contributed by atoms with Gasteiger partial charge < -0.3 is 4.90 Å². The highest BCUT2D eigenvalue weighted by molar-refractivity contribution is 5.91. The van der Waals surface area contributed by atoms with E-state index in [0.717, 1.165) is 57.7 Å². The first-order chi connectivity index (χ1) is 29.8. The molecule has 0 saturated carbocycles. The minimum Gasteiger partial charge on any atom is -0.310 e. The van der Waals surface area contributed by atoms with Gasteiger partial charge in [-0.05, 0) is 113 Å². The number of para-hydroxylation sites is 2. The highest BCUT2D eigenvalue weighted by Gasteiger charge is 2.47. The Morgan fingerprint density at radius 1 is 0.508 bits per heavy atom. The molecule has 0 unspecified atom stereocenters. The summed E-state index contributed by atoms with van der Waals surface area (Å²) in [7, 11) is 0. The van der Waals surface area contributed by atoms with Crippen molar-refractivity contribution in [2.24, 2.45) is 0 Å². The van der Waals surface area contributed by atoms with Gasteiger partial charge in [0.2, 0.25) is 0 Å². The molecule has 4 heteroatoms. The van der Waals surface area contributed by atoms with E-state index < -0.39 is 5.41 Å². The van der Waals surface area contributed by atoms with E-state index >= 15 is 0 Å². The summed E-state index contributed by atoms with van der Waals surface area (Å²) in [5.41, 5.74) is 18.8. The molecular weight excluding hydrogens is 741 g/mol. The van der Waals surface area contributed by atoms with E-state index in [1.165, 1.54) is 44.5 Å². The first-order valence-electron chi connectivity index (χ1n) is 21.4. The van der Waals surface area contributed by atoms with Crippen LogP contribution in [0.25, 0.3) is 39.7 Å². The molecule has 3 aliphatic rings. The van der Waals surface area contributed by atoms with Crippen molar-refractivity contribution in [3.63, 3.8) is 0 Å².